The van der Waals surface area contributed by atoms with Crippen molar-refractivity contribution in [1.82, 2.24) is 8.61 Å². The van der Waals surface area contributed by atoms with Gasteiger partial charge in [0.15, 0.2) is 0 Å². The van der Waals surface area contributed by atoms with E-state index >= 15 is 0 Å². The van der Waals surface area contributed by atoms with E-state index < -0.39 is 16.8 Å². The van der Waals surface area contributed by atoms with Crippen molar-refractivity contribution in [2.24, 2.45) is 0 Å². The lowest BCUT2D eigenvalue weighted by Gasteiger charge is -2.21. The van der Waals surface area contributed by atoms with Gasteiger partial charge in [0.1, 0.15) is 5.75 Å². The molecule has 0 heterocycles. The van der Waals surface area contributed by atoms with Gasteiger partial charge in [-0.25, -0.2) is 0 Å². The van der Waals surface area contributed by atoms with Crippen LogP contribution >= 0.6 is 0 Å². The Hall–Kier alpha value is -1.25. The molecule has 1 aromatic carbocycles. The number of alkyl halides is 2. The molecule has 8 heteroatoms. The Kier molecular flexibility index (Phi) is 5.21. The van der Waals surface area contributed by atoms with Gasteiger partial charge in [-0.3, -0.25) is 0 Å². The molecule has 0 radical (unpaired) electrons. The first-order chi connectivity index (χ1) is 8.73. The number of nitrogens with zero attached hydrogens (tertiary/aromatic N) is 2. The van der Waals surface area contributed by atoms with Gasteiger partial charge in [-0.2, -0.15) is 25.8 Å². The van der Waals surface area contributed by atoms with Crippen molar-refractivity contribution in [2.45, 2.75) is 13.2 Å². The van der Waals surface area contributed by atoms with Gasteiger partial charge in [0.2, 0.25) is 0 Å². The topological polar surface area (TPSA) is 49.9 Å². The molecule has 0 aliphatic heterocycles. The standard InChI is InChI=1S/C11H16F2N2O3S/c1-14(2)19(16,17)15(3)8-9-4-6-10(7-5-9)18-11(12)13/h4-7,11H,8H2,1-3H3. The van der Waals surface area contributed by atoms with Gasteiger partial charge >= 0.3 is 6.61 Å². The largest absolute Gasteiger partial charge is 0.435 e. The third-order valence-corrected chi connectivity index (χ3v) is 4.25. The maximum Gasteiger partial charge on any atom is 0.387 e. The summed E-state index contributed by atoms with van der Waals surface area (Å²) >= 11 is 0. The van der Waals surface area contributed by atoms with Crippen molar-refractivity contribution >= 4 is 10.2 Å². The normalized spacial score (nSPS) is 12.4. The SMILES string of the molecule is CN(C)S(=O)(=O)N(C)Cc1ccc(OC(F)F)cc1. The Bertz CT molecular complexity index is 503. The van der Waals surface area contributed by atoms with Crippen molar-refractivity contribution in [3.63, 3.8) is 0 Å². The molecule has 0 unspecified atom stereocenters. The molecule has 0 spiro atoms. The zero-order valence-electron chi connectivity index (χ0n) is 10.9. The molecule has 108 valence electrons. The fourth-order valence-electron chi connectivity index (χ4n) is 1.39. The smallest absolute Gasteiger partial charge is 0.387 e. The third-order valence-electron chi connectivity index (χ3n) is 2.41. The summed E-state index contributed by atoms with van der Waals surface area (Å²) in [5, 5.41) is 0. The Morgan fingerprint density at radius 2 is 1.68 bits per heavy atom. The van der Waals surface area contributed by atoms with Gasteiger partial charge in [0.25, 0.3) is 10.2 Å². The highest BCUT2D eigenvalue weighted by Crippen LogP contribution is 2.16. The van der Waals surface area contributed by atoms with Crippen molar-refractivity contribution in [1.29, 1.82) is 0 Å². The van der Waals surface area contributed by atoms with Crippen LogP contribution < -0.4 is 4.74 Å². The van der Waals surface area contributed by atoms with E-state index in [0.29, 0.717) is 5.56 Å². The number of hydrogen-bond donors (Lipinski definition) is 0. The summed E-state index contributed by atoms with van der Waals surface area (Å²) in [4.78, 5) is 0. The van der Waals surface area contributed by atoms with Crippen LogP contribution in [0, 0.1) is 0 Å². The molecule has 0 atom stereocenters. The molecule has 0 saturated heterocycles. The molecular formula is C11H16F2N2O3S. The van der Waals surface area contributed by atoms with Crippen LogP contribution in [0.1, 0.15) is 5.56 Å². The van der Waals surface area contributed by atoms with Gasteiger partial charge in [0.05, 0.1) is 0 Å². The molecule has 1 aromatic rings. The Balaban J connectivity index is 2.73. The minimum absolute atomic E-state index is 0.0388. The summed E-state index contributed by atoms with van der Waals surface area (Å²) < 4.78 is 53.9. The fourth-order valence-corrected chi connectivity index (χ4v) is 2.26. The van der Waals surface area contributed by atoms with Crippen LogP contribution in [-0.4, -0.2) is 44.8 Å². The molecule has 5 nitrogen and oxygen atoms in total. The van der Waals surface area contributed by atoms with Crippen molar-refractivity contribution in [2.75, 3.05) is 21.1 Å². The van der Waals surface area contributed by atoms with Crippen LogP contribution in [0.5, 0.6) is 5.75 Å². The lowest BCUT2D eigenvalue weighted by atomic mass is 10.2. The van der Waals surface area contributed by atoms with E-state index in [1.807, 2.05) is 0 Å². The second-order valence-corrected chi connectivity index (χ2v) is 6.32. The zero-order valence-corrected chi connectivity index (χ0v) is 11.7. The number of halogens is 2. The first kappa shape index (κ1) is 15.8. The predicted octanol–water partition coefficient (Wildman–Crippen LogP) is 1.53. The Labute approximate surface area is 111 Å². The van der Waals surface area contributed by atoms with Crippen LogP contribution in [0.4, 0.5) is 8.78 Å². The van der Waals surface area contributed by atoms with E-state index in [-0.39, 0.29) is 12.3 Å². The van der Waals surface area contributed by atoms with Gasteiger partial charge < -0.3 is 4.74 Å². The summed E-state index contributed by atoms with van der Waals surface area (Å²) in [6.45, 7) is -2.72. The first-order valence-electron chi connectivity index (χ1n) is 5.41. The fraction of sp³-hybridized carbons (Fsp3) is 0.455. The van der Waals surface area contributed by atoms with E-state index in [0.717, 1.165) is 8.61 Å². The quantitative estimate of drug-likeness (QED) is 0.799. The molecule has 19 heavy (non-hydrogen) atoms. The Morgan fingerprint density at radius 3 is 2.11 bits per heavy atom. The van der Waals surface area contributed by atoms with Gasteiger partial charge in [-0.15, -0.1) is 0 Å². The van der Waals surface area contributed by atoms with E-state index in [2.05, 4.69) is 4.74 Å². The minimum Gasteiger partial charge on any atom is -0.435 e. The minimum atomic E-state index is -3.49. The summed E-state index contributed by atoms with van der Waals surface area (Å²) in [5.41, 5.74) is 0.676. The first-order valence-corrected chi connectivity index (χ1v) is 6.80. The molecule has 0 amide bonds. The summed E-state index contributed by atoms with van der Waals surface area (Å²) in [5.74, 6) is 0.0388. The second-order valence-electron chi connectivity index (χ2n) is 4.07. The lowest BCUT2D eigenvalue weighted by Crippen LogP contribution is -2.36. The van der Waals surface area contributed by atoms with E-state index in [1.165, 1.54) is 33.3 Å². The van der Waals surface area contributed by atoms with Gasteiger partial charge in [-0.1, -0.05) is 12.1 Å². The summed E-state index contributed by atoms with van der Waals surface area (Å²) in [6, 6.07) is 5.83. The van der Waals surface area contributed by atoms with E-state index in [9.17, 15) is 17.2 Å². The van der Waals surface area contributed by atoms with Crippen LogP contribution in [-0.2, 0) is 16.8 Å². The summed E-state index contributed by atoms with van der Waals surface area (Å²) in [6.07, 6.45) is 0. The number of ether oxygens (including phenoxy) is 1. The van der Waals surface area contributed by atoms with Crippen LogP contribution in [0.25, 0.3) is 0 Å². The average Bonchev–Trinajstić information content (AvgIpc) is 2.30. The Morgan fingerprint density at radius 1 is 1.16 bits per heavy atom. The van der Waals surface area contributed by atoms with Crippen LogP contribution in [0.2, 0.25) is 0 Å². The molecular weight excluding hydrogens is 278 g/mol. The van der Waals surface area contributed by atoms with Crippen LogP contribution in [0.3, 0.4) is 0 Å². The molecule has 0 aliphatic carbocycles. The van der Waals surface area contributed by atoms with Crippen LogP contribution in [0.15, 0.2) is 24.3 Å². The molecule has 0 bridgehead atoms. The van der Waals surface area contributed by atoms with Gasteiger partial charge in [-0.05, 0) is 17.7 Å². The highest BCUT2D eigenvalue weighted by molar-refractivity contribution is 7.86. The average molecular weight is 294 g/mol. The highest BCUT2D eigenvalue weighted by atomic mass is 32.2. The number of hydrogen-bond acceptors (Lipinski definition) is 3. The second kappa shape index (κ2) is 6.27. The lowest BCUT2D eigenvalue weighted by molar-refractivity contribution is -0.0498. The zero-order chi connectivity index (χ0) is 14.6. The molecule has 1 rings (SSSR count). The maximum atomic E-state index is 12.0. The molecule has 0 fully saturated rings. The highest BCUT2D eigenvalue weighted by Gasteiger charge is 2.20. The molecule has 0 aliphatic rings. The predicted molar refractivity (Wildman–Crippen MR) is 67.1 cm³/mol. The third kappa shape index (κ3) is 4.41. The monoisotopic (exact) mass is 294 g/mol. The maximum absolute atomic E-state index is 12.0. The summed E-state index contributed by atoms with van der Waals surface area (Å²) in [7, 11) is 0.826. The number of rotatable bonds is 6. The molecule has 0 aromatic heterocycles. The molecule has 0 saturated carbocycles. The number of benzene rings is 1. The van der Waals surface area contributed by atoms with Crippen molar-refractivity contribution in [3.8, 4) is 5.75 Å². The molecule has 0 N–H and O–H groups in total. The van der Waals surface area contributed by atoms with Gasteiger partial charge in [0, 0.05) is 27.7 Å². The van der Waals surface area contributed by atoms with E-state index in [1.54, 1.807) is 12.1 Å². The van der Waals surface area contributed by atoms with E-state index in [4.69, 9.17) is 0 Å². The van der Waals surface area contributed by atoms with Crippen molar-refractivity contribution < 1.29 is 21.9 Å². The van der Waals surface area contributed by atoms with Crippen molar-refractivity contribution in [3.05, 3.63) is 29.8 Å².